The van der Waals surface area contributed by atoms with Crippen molar-refractivity contribution in [2.75, 3.05) is 7.11 Å². The van der Waals surface area contributed by atoms with Crippen molar-refractivity contribution in [3.63, 3.8) is 0 Å². The van der Waals surface area contributed by atoms with Crippen molar-refractivity contribution < 1.29 is 14.3 Å². The number of carbonyl (C=O) groups excluding carboxylic acids is 1. The van der Waals surface area contributed by atoms with Gasteiger partial charge in [-0.1, -0.05) is 26.8 Å². The first-order chi connectivity index (χ1) is 11.8. The molecule has 0 fully saturated rings. The van der Waals surface area contributed by atoms with Crippen LogP contribution in [-0.2, 0) is 10.2 Å². The van der Waals surface area contributed by atoms with Crippen LogP contribution in [-0.4, -0.2) is 28.1 Å². The van der Waals surface area contributed by atoms with E-state index in [1.165, 1.54) is 11.7 Å². The molecule has 3 aromatic rings. The van der Waals surface area contributed by atoms with Gasteiger partial charge in [0.1, 0.15) is 22.5 Å². The molecule has 3 rings (SSSR count). The Kier molecular flexibility index (Phi) is 4.20. The highest BCUT2D eigenvalue weighted by Gasteiger charge is 2.19. The van der Waals surface area contributed by atoms with Gasteiger partial charge in [-0.2, -0.15) is 0 Å². The predicted molar refractivity (Wildman–Crippen MR) is 95.4 cm³/mol. The van der Waals surface area contributed by atoms with Gasteiger partial charge in [-0.15, -0.1) is 15.0 Å². The van der Waals surface area contributed by atoms with E-state index >= 15 is 0 Å². The lowest BCUT2D eigenvalue weighted by Gasteiger charge is -2.20. The third-order valence-corrected chi connectivity index (χ3v) is 3.88. The van der Waals surface area contributed by atoms with Gasteiger partial charge in [-0.05, 0) is 35.2 Å². The van der Waals surface area contributed by atoms with Crippen LogP contribution in [0.4, 0.5) is 0 Å². The molecule has 0 atom stereocenters. The number of fused-ring (bicyclic) bond motifs is 1. The van der Waals surface area contributed by atoms with Crippen molar-refractivity contribution in [3.05, 3.63) is 42.0 Å². The van der Waals surface area contributed by atoms with Crippen molar-refractivity contribution in [2.24, 2.45) is 0 Å². The fourth-order valence-electron chi connectivity index (χ4n) is 2.51. The Morgan fingerprint density at radius 2 is 1.76 bits per heavy atom. The number of carbonyl (C=O) groups is 1. The molecule has 0 spiro atoms. The first-order valence-electron chi connectivity index (χ1n) is 8.02. The van der Waals surface area contributed by atoms with Gasteiger partial charge in [0, 0.05) is 13.0 Å². The fraction of sp³-hybridized carbons (Fsp3) is 0.316. The van der Waals surface area contributed by atoms with Crippen molar-refractivity contribution >= 4 is 17.0 Å². The number of hydrogen-bond acceptors (Lipinski definition) is 5. The highest BCUT2D eigenvalue weighted by molar-refractivity contribution is 5.76. The molecule has 0 amide bonds. The van der Waals surface area contributed by atoms with Gasteiger partial charge in [0.05, 0.1) is 7.11 Å². The summed E-state index contributed by atoms with van der Waals surface area (Å²) >= 11 is 0. The van der Waals surface area contributed by atoms with Crippen LogP contribution in [0, 0.1) is 0 Å². The smallest absolute Gasteiger partial charge is 0.308 e. The molecule has 1 heterocycles. The lowest BCUT2D eigenvalue weighted by atomic mass is 9.87. The van der Waals surface area contributed by atoms with Gasteiger partial charge < -0.3 is 9.47 Å². The molecule has 2 aromatic carbocycles. The number of ether oxygens (including phenoxy) is 2. The zero-order chi connectivity index (χ0) is 18.2. The summed E-state index contributed by atoms with van der Waals surface area (Å²) in [7, 11) is 1.61. The second-order valence-electron chi connectivity index (χ2n) is 6.87. The predicted octanol–water partition coefficient (Wildman–Crippen LogP) is 3.65. The Balaban J connectivity index is 2.17. The maximum absolute atomic E-state index is 11.4. The van der Waals surface area contributed by atoms with Gasteiger partial charge in [-0.3, -0.25) is 4.79 Å². The van der Waals surface area contributed by atoms with Crippen molar-refractivity contribution in [1.29, 1.82) is 0 Å². The van der Waals surface area contributed by atoms with Crippen LogP contribution in [0.5, 0.6) is 11.5 Å². The number of methoxy groups -OCH3 is 1. The van der Waals surface area contributed by atoms with Crippen LogP contribution in [0.3, 0.4) is 0 Å². The summed E-state index contributed by atoms with van der Waals surface area (Å²) in [5, 5.41) is 9.03. The topological polar surface area (TPSA) is 66.2 Å². The van der Waals surface area contributed by atoms with Gasteiger partial charge >= 0.3 is 5.97 Å². The van der Waals surface area contributed by atoms with E-state index in [9.17, 15) is 4.79 Å². The highest BCUT2D eigenvalue weighted by atomic mass is 16.5. The Hall–Kier alpha value is -2.89. The first kappa shape index (κ1) is 17.0. The lowest BCUT2D eigenvalue weighted by molar-refractivity contribution is -0.131. The molecule has 6 heteroatoms. The van der Waals surface area contributed by atoms with Crippen molar-refractivity contribution in [3.8, 4) is 17.2 Å². The van der Waals surface area contributed by atoms with Crippen molar-refractivity contribution in [1.82, 2.24) is 15.0 Å². The van der Waals surface area contributed by atoms with Crippen LogP contribution in [0.15, 0.2) is 36.4 Å². The number of esters is 1. The minimum absolute atomic E-state index is 0.0563. The van der Waals surface area contributed by atoms with Crippen LogP contribution in [0.2, 0.25) is 0 Å². The zero-order valence-electron chi connectivity index (χ0n) is 15.0. The number of hydrogen-bond donors (Lipinski definition) is 0. The molecule has 0 N–H and O–H groups in total. The van der Waals surface area contributed by atoms with E-state index in [4.69, 9.17) is 9.47 Å². The van der Waals surface area contributed by atoms with E-state index in [2.05, 4.69) is 31.0 Å². The lowest BCUT2D eigenvalue weighted by Crippen LogP contribution is -2.14. The van der Waals surface area contributed by atoms with E-state index in [0.717, 1.165) is 11.1 Å². The van der Waals surface area contributed by atoms with Gasteiger partial charge in [0.25, 0.3) is 0 Å². The van der Waals surface area contributed by atoms with Crippen LogP contribution >= 0.6 is 0 Å². The molecule has 0 aliphatic carbocycles. The van der Waals surface area contributed by atoms with Gasteiger partial charge in [0.2, 0.25) is 0 Å². The molecule has 1 aromatic heterocycles. The Morgan fingerprint density at radius 3 is 2.40 bits per heavy atom. The van der Waals surface area contributed by atoms with E-state index in [1.54, 1.807) is 13.2 Å². The molecule has 0 saturated heterocycles. The summed E-state index contributed by atoms with van der Waals surface area (Å²) in [5.74, 6) is 0.749. The van der Waals surface area contributed by atoms with Gasteiger partial charge in [0.15, 0.2) is 5.75 Å². The summed E-state index contributed by atoms with van der Waals surface area (Å²) < 4.78 is 10.6. The fourth-order valence-corrected chi connectivity index (χ4v) is 2.51. The van der Waals surface area contributed by atoms with Crippen molar-refractivity contribution in [2.45, 2.75) is 33.1 Å². The Morgan fingerprint density at radius 1 is 1.04 bits per heavy atom. The van der Waals surface area contributed by atoms with Crippen LogP contribution < -0.4 is 9.47 Å². The SMILES string of the molecule is COc1ccc2nn(-c3cc(C(C)(C)C)ccc3OC(C)=O)nc2c1. The van der Waals surface area contributed by atoms with E-state index in [0.29, 0.717) is 22.7 Å². The maximum Gasteiger partial charge on any atom is 0.308 e. The molecule has 6 nitrogen and oxygen atoms in total. The monoisotopic (exact) mass is 339 g/mol. The number of benzene rings is 2. The third-order valence-electron chi connectivity index (χ3n) is 3.88. The summed E-state index contributed by atoms with van der Waals surface area (Å²) in [6, 6.07) is 11.2. The van der Waals surface area contributed by atoms with Crippen LogP contribution in [0.25, 0.3) is 16.7 Å². The summed E-state index contributed by atoms with van der Waals surface area (Å²) in [6.45, 7) is 7.74. The van der Waals surface area contributed by atoms with E-state index in [-0.39, 0.29) is 11.4 Å². The second-order valence-corrected chi connectivity index (χ2v) is 6.87. The Labute approximate surface area is 146 Å². The summed E-state index contributed by atoms with van der Waals surface area (Å²) in [6.07, 6.45) is 0. The third kappa shape index (κ3) is 3.47. The Bertz CT molecular complexity index is 939. The quantitative estimate of drug-likeness (QED) is 0.538. The maximum atomic E-state index is 11.4. The molecule has 0 bridgehead atoms. The van der Waals surface area contributed by atoms with Crippen LogP contribution in [0.1, 0.15) is 33.3 Å². The molecule has 0 saturated carbocycles. The molecule has 0 aliphatic heterocycles. The normalized spacial score (nSPS) is 11.6. The van der Waals surface area contributed by atoms with E-state index in [1.807, 2.05) is 30.3 Å². The molecule has 25 heavy (non-hydrogen) atoms. The second kappa shape index (κ2) is 6.20. The standard InChI is InChI=1S/C19H21N3O3/c1-12(23)25-18-9-6-13(19(2,3)4)10-17(18)22-20-15-8-7-14(24-5)11-16(15)21-22/h6-11H,1-5H3. The summed E-state index contributed by atoms with van der Waals surface area (Å²) in [4.78, 5) is 12.9. The molecular formula is C19H21N3O3. The number of rotatable bonds is 3. The molecular weight excluding hydrogens is 318 g/mol. The average molecular weight is 339 g/mol. The highest BCUT2D eigenvalue weighted by Crippen LogP contribution is 2.30. The molecule has 0 unspecified atom stereocenters. The van der Waals surface area contributed by atoms with Gasteiger partial charge in [-0.25, -0.2) is 0 Å². The average Bonchev–Trinajstić information content (AvgIpc) is 2.96. The molecule has 0 aliphatic rings. The number of aromatic nitrogens is 3. The van der Waals surface area contributed by atoms with E-state index < -0.39 is 0 Å². The summed E-state index contributed by atoms with van der Waals surface area (Å²) in [5.41, 5.74) is 3.10. The first-order valence-corrected chi connectivity index (χ1v) is 8.02. The zero-order valence-corrected chi connectivity index (χ0v) is 15.0. The molecule has 0 radical (unpaired) electrons. The largest absolute Gasteiger partial charge is 0.497 e. The molecule has 130 valence electrons. The number of nitrogens with zero attached hydrogens (tertiary/aromatic N) is 3. The minimum Gasteiger partial charge on any atom is -0.497 e. The minimum atomic E-state index is -0.386.